The number of benzene rings is 1. The van der Waals surface area contributed by atoms with Crippen molar-refractivity contribution in [1.82, 2.24) is 9.78 Å². The summed E-state index contributed by atoms with van der Waals surface area (Å²) in [4.78, 5) is 12.6. The van der Waals surface area contributed by atoms with Gasteiger partial charge in [0.05, 0.1) is 41.5 Å². The van der Waals surface area contributed by atoms with Crippen molar-refractivity contribution in [2.24, 2.45) is 5.92 Å². The average Bonchev–Trinajstić information content (AvgIpc) is 3.15. The van der Waals surface area contributed by atoms with Crippen LogP contribution in [0.5, 0.6) is 0 Å². The van der Waals surface area contributed by atoms with Crippen LogP contribution in [0.15, 0.2) is 47.6 Å². The highest BCUT2D eigenvalue weighted by atomic mass is 32.2. The molecule has 0 aliphatic rings. The van der Waals surface area contributed by atoms with Crippen LogP contribution in [0, 0.1) is 5.92 Å². The van der Waals surface area contributed by atoms with Crippen LogP contribution in [-0.4, -0.2) is 32.3 Å². The lowest BCUT2D eigenvalue weighted by Gasteiger charge is -2.14. The quantitative estimate of drug-likeness (QED) is 0.510. The summed E-state index contributed by atoms with van der Waals surface area (Å²) >= 11 is 0. The first kappa shape index (κ1) is 21.4. The van der Waals surface area contributed by atoms with Crippen LogP contribution in [0.4, 0.5) is 0 Å². The lowest BCUT2D eigenvalue weighted by molar-refractivity contribution is -0.144. The first-order valence-corrected chi connectivity index (χ1v) is 11.0. The average molecular weight is 391 g/mol. The molecular weight excluding hydrogens is 360 g/mol. The molecule has 1 aromatic carbocycles. The second kappa shape index (κ2) is 11.7. The number of unbranched alkanes of at least 4 members (excludes halogenated alkanes) is 1. The van der Waals surface area contributed by atoms with Crippen LogP contribution in [0.3, 0.4) is 0 Å². The van der Waals surface area contributed by atoms with E-state index in [1.165, 1.54) is 0 Å². The molecule has 2 rings (SSSR count). The molecule has 27 heavy (non-hydrogen) atoms. The number of hydrogen-bond acceptors (Lipinski definition) is 4. The van der Waals surface area contributed by atoms with Gasteiger partial charge in [-0.1, -0.05) is 63.4 Å². The van der Waals surface area contributed by atoms with Crippen molar-refractivity contribution in [2.75, 3.05) is 12.4 Å². The molecule has 0 spiro atoms. The molecule has 148 valence electrons. The topological polar surface area (TPSA) is 61.2 Å². The van der Waals surface area contributed by atoms with Gasteiger partial charge in [0.25, 0.3) is 0 Å². The standard InChI is InChI=1S/C21H30N2O3S/c1-3-5-9-18(4-2)17-26-21(24)12-13-27(25)20-14-22-23(16-20)15-19-10-7-6-8-11-19/h6-8,10-11,14,16,18H,3-5,9,12-13,15,17H2,1-2H3. The fourth-order valence-corrected chi connectivity index (χ4v) is 3.79. The number of rotatable bonds is 12. The van der Waals surface area contributed by atoms with E-state index in [0.717, 1.165) is 31.2 Å². The summed E-state index contributed by atoms with van der Waals surface area (Å²) in [6.07, 6.45) is 7.98. The molecule has 1 aromatic heterocycles. The molecule has 0 amide bonds. The Bertz CT molecular complexity index is 715. The first-order chi connectivity index (χ1) is 13.1. The molecule has 0 aliphatic heterocycles. The summed E-state index contributed by atoms with van der Waals surface area (Å²) in [5.41, 5.74) is 1.13. The first-order valence-electron chi connectivity index (χ1n) is 9.72. The van der Waals surface area contributed by atoms with Gasteiger partial charge in [-0.15, -0.1) is 0 Å². The molecule has 0 bridgehead atoms. The summed E-state index contributed by atoms with van der Waals surface area (Å²) in [7, 11) is -1.25. The highest BCUT2D eigenvalue weighted by Gasteiger charge is 2.13. The summed E-state index contributed by atoms with van der Waals surface area (Å²) < 4.78 is 19.5. The zero-order valence-corrected chi connectivity index (χ0v) is 17.1. The minimum absolute atomic E-state index is 0.167. The minimum atomic E-state index is -1.25. The van der Waals surface area contributed by atoms with E-state index in [1.807, 2.05) is 30.3 Å². The maximum Gasteiger partial charge on any atom is 0.306 e. The highest BCUT2D eigenvalue weighted by Crippen LogP contribution is 2.14. The molecule has 2 unspecified atom stereocenters. The van der Waals surface area contributed by atoms with E-state index in [2.05, 4.69) is 18.9 Å². The molecular formula is C21H30N2O3S. The maximum atomic E-state index is 12.4. The Hall–Kier alpha value is -1.95. The Labute approximate surface area is 164 Å². The zero-order chi connectivity index (χ0) is 19.5. The highest BCUT2D eigenvalue weighted by molar-refractivity contribution is 7.85. The van der Waals surface area contributed by atoms with Crippen molar-refractivity contribution >= 4 is 16.8 Å². The minimum Gasteiger partial charge on any atom is -0.465 e. The summed E-state index contributed by atoms with van der Waals surface area (Å²) in [6, 6.07) is 9.99. The van der Waals surface area contributed by atoms with Gasteiger partial charge in [-0.25, -0.2) is 0 Å². The third-order valence-corrected chi connectivity index (χ3v) is 5.89. The number of ether oxygens (including phenoxy) is 1. The summed E-state index contributed by atoms with van der Waals surface area (Å²) in [5, 5.41) is 4.27. The van der Waals surface area contributed by atoms with Gasteiger partial charge in [0.2, 0.25) is 0 Å². The predicted octanol–water partition coefficient (Wildman–Crippen LogP) is 4.19. The van der Waals surface area contributed by atoms with Crippen LogP contribution < -0.4 is 0 Å². The van der Waals surface area contributed by atoms with E-state index >= 15 is 0 Å². The van der Waals surface area contributed by atoms with Gasteiger partial charge in [-0.05, 0) is 17.9 Å². The normalized spacial score (nSPS) is 13.3. The van der Waals surface area contributed by atoms with Crippen molar-refractivity contribution in [3.63, 3.8) is 0 Å². The molecule has 0 saturated carbocycles. The smallest absolute Gasteiger partial charge is 0.306 e. The third-order valence-electron chi connectivity index (χ3n) is 4.57. The fourth-order valence-electron chi connectivity index (χ4n) is 2.79. The molecule has 0 N–H and O–H groups in total. The van der Waals surface area contributed by atoms with Crippen molar-refractivity contribution < 1.29 is 13.7 Å². The van der Waals surface area contributed by atoms with Gasteiger partial charge in [0.1, 0.15) is 0 Å². The molecule has 2 aromatic rings. The Morgan fingerprint density at radius 3 is 2.74 bits per heavy atom. The number of carbonyl (C=O) groups excluding carboxylic acids is 1. The second-order valence-corrected chi connectivity index (χ2v) is 8.33. The monoisotopic (exact) mass is 390 g/mol. The molecule has 0 aliphatic carbocycles. The number of nitrogens with zero attached hydrogens (tertiary/aromatic N) is 2. The lowest BCUT2D eigenvalue weighted by Crippen LogP contribution is -2.15. The zero-order valence-electron chi connectivity index (χ0n) is 16.3. The van der Waals surface area contributed by atoms with Gasteiger partial charge >= 0.3 is 5.97 Å². The fraction of sp³-hybridized carbons (Fsp3) is 0.524. The van der Waals surface area contributed by atoms with E-state index in [4.69, 9.17) is 4.74 Å². The summed E-state index contributed by atoms with van der Waals surface area (Å²) in [5.74, 6) is 0.423. The SMILES string of the molecule is CCCCC(CC)COC(=O)CCS(=O)c1cnn(Cc2ccccc2)c1. The van der Waals surface area contributed by atoms with Crippen LogP contribution in [0.1, 0.15) is 51.5 Å². The second-order valence-electron chi connectivity index (χ2n) is 6.76. The van der Waals surface area contributed by atoms with Crippen molar-refractivity contribution in [3.8, 4) is 0 Å². The largest absolute Gasteiger partial charge is 0.465 e. The summed E-state index contributed by atoms with van der Waals surface area (Å²) in [6.45, 7) is 5.39. The van der Waals surface area contributed by atoms with E-state index in [1.54, 1.807) is 17.1 Å². The van der Waals surface area contributed by atoms with Crippen LogP contribution in [0.2, 0.25) is 0 Å². The molecule has 5 nitrogen and oxygen atoms in total. The third kappa shape index (κ3) is 7.67. The van der Waals surface area contributed by atoms with Crippen molar-refractivity contribution in [2.45, 2.75) is 57.4 Å². The van der Waals surface area contributed by atoms with Crippen molar-refractivity contribution in [3.05, 3.63) is 48.3 Å². The molecule has 2 atom stereocenters. The number of hydrogen-bond donors (Lipinski definition) is 0. The molecule has 6 heteroatoms. The number of esters is 1. The number of aromatic nitrogens is 2. The Balaban J connectivity index is 1.74. The molecule has 0 radical (unpaired) electrons. The van der Waals surface area contributed by atoms with Gasteiger partial charge < -0.3 is 4.74 Å². The van der Waals surface area contributed by atoms with Gasteiger partial charge in [0, 0.05) is 11.9 Å². The van der Waals surface area contributed by atoms with Crippen LogP contribution in [0.25, 0.3) is 0 Å². The van der Waals surface area contributed by atoms with Gasteiger partial charge in [-0.3, -0.25) is 13.7 Å². The Morgan fingerprint density at radius 1 is 1.26 bits per heavy atom. The Morgan fingerprint density at radius 2 is 2.04 bits per heavy atom. The molecule has 0 saturated heterocycles. The van der Waals surface area contributed by atoms with E-state index in [0.29, 0.717) is 24.0 Å². The van der Waals surface area contributed by atoms with Crippen LogP contribution >= 0.6 is 0 Å². The van der Waals surface area contributed by atoms with Crippen LogP contribution in [-0.2, 0) is 26.9 Å². The molecule has 1 heterocycles. The van der Waals surface area contributed by atoms with Gasteiger partial charge in [-0.2, -0.15) is 5.10 Å². The van der Waals surface area contributed by atoms with E-state index < -0.39 is 10.8 Å². The van der Waals surface area contributed by atoms with Gasteiger partial charge in [0.15, 0.2) is 0 Å². The van der Waals surface area contributed by atoms with E-state index in [9.17, 15) is 9.00 Å². The molecule has 0 fully saturated rings. The predicted molar refractivity (Wildman–Crippen MR) is 108 cm³/mol. The lowest BCUT2D eigenvalue weighted by atomic mass is 10.0. The Kier molecular flexibility index (Phi) is 9.25. The van der Waals surface area contributed by atoms with E-state index in [-0.39, 0.29) is 18.1 Å². The van der Waals surface area contributed by atoms with Crippen molar-refractivity contribution in [1.29, 1.82) is 0 Å². The number of carbonyl (C=O) groups is 1. The maximum absolute atomic E-state index is 12.4.